The van der Waals surface area contributed by atoms with Gasteiger partial charge in [-0.05, 0) is 30.5 Å². The van der Waals surface area contributed by atoms with Crippen LogP contribution >= 0.6 is 11.6 Å². The Hall–Kier alpha value is -0.730. The van der Waals surface area contributed by atoms with Gasteiger partial charge in [0.15, 0.2) is 0 Å². The molecule has 1 unspecified atom stereocenters. The van der Waals surface area contributed by atoms with Gasteiger partial charge in [-0.3, -0.25) is 0 Å². The molecule has 0 aliphatic carbocycles. The Kier molecular flexibility index (Phi) is 5.79. The molecule has 3 heteroatoms. The average molecular weight is 256 g/mol. The minimum absolute atomic E-state index is 0.142. The van der Waals surface area contributed by atoms with E-state index in [0.29, 0.717) is 17.0 Å². The molecule has 0 aliphatic rings. The molecule has 0 heterocycles. The average Bonchev–Trinajstić information content (AvgIpc) is 2.32. The molecule has 0 fully saturated rings. The van der Waals surface area contributed by atoms with Crippen LogP contribution in [-0.4, -0.2) is 11.1 Å². The van der Waals surface area contributed by atoms with Crippen LogP contribution in [0.15, 0.2) is 18.2 Å². The molecule has 1 rings (SSSR count). The van der Waals surface area contributed by atoms with E-state index >= 15 is 0 Å². The largest absolute Gasteiger partial charge is 0.506 e. The second-order valence-corrected chi connectivity index (χ2v) is 4.94. The zero-order chi connectivity index (χ0) is 12.8. The van der Waals surface area contributed by atoms with Crippen molar-refractivity contribution in [2.24, 2.45) is 5.92 Å². The summed E-state index contributed by atoms with van der Waals surface area (Å²) in [5.41, 5.74) is 1.10. The van der Waals surface area contributed by atoms with Gasteiger partial charge in [0.2, 0.25) is 0 Å². The highest BCUT2D eigenvalue weighted by molar-refractivity contribution is 6.32. The number of nitrogens with one attached hydrogen (secondary N) is 1. The van der Waals surface area contributed by atoms with Gasteiger partial charge in [0.05, 0.1) is 5.02 Å². The molecule has 0 saturated carbocycles. The lowest BCUT2D eigenvalue weighted by atomic mass is 9.95. The van der Waals surface area contributed by atoms with E-state index < -0.39 is 0 Å². The van der Waals surface area contributed by atoms with E-state index in [0.717, 1.165) is 12.1 Å². The first kappa shape index (κ1) is 14.3. The molecular formula is C14H22ClNO. The second kappa shape index (κ2) is 6.87. The third kappa shape index (κ3) is 4.21. The minimum atomic E-state index is 0.142. The Morgan fingerprint density at radius 1 is 1.29 bits per heavy atom. The van der Waals surface area contributed by atoms with Gasteiger partial charge in [0.25, 0.3) is 0 Å². The van der Waals surface area contributed by atoms with Crippen molar-refractivity contribution in [2.75, 3.05) is 0 Å². The Morgan fingerprint density at radius 3 is 2.47 bits per heavy atom. The number of hydrogen-bond donors (Lipinski definition) is 2. The van der Waals surface area contributed by atoms with Gasteiger partial charge in [-0.15, -0.1) is 0 Å². The zero-order valence-corrected chi connectivity index (χ0v) is 11.6. The highest BCUT2D eigenvalue weighted by Crippen LogP contribution is 2.23. The lowest BCUT2D eigenvalue weighted by Crippen LogP contribution is -2.32. The fraction of sp³-hybridized carbons (Fsp3) is 0.571. The topological polar surface area (TPSA) is 32.3 Å². The van der Waals surface area contributed by atoms with E-state index in [1.165, 1.54) is 12.8 Å². The third-order valence-corrected chi connectivity index (χ3v) is 3.70. The molecule has 2 nitrogen and oxygen atoms in total. The first-order chi connectivity index (χ1) is 8.08. The van der Waals surface area contributed by atoms with Crippen LogP contribution in [0.1, 0.15) is 39.2 Å². The third-order valence-electron chi connectivity index (χ3n) is 3.40. The van der Waals surface area contributed by atoms with Crippen molar-refractivity contribution in [1.29, 1.82) is 0 Å². The van der Waals surface area contributed by atoms with Crippen LogP contribution in [-0.2, 0) is 6.54 Å². The smallest absolute Gasteiger partial charge is 0.134 e. The molecule has 0 amide bonds. The molecule has 0 aliphatic heterocycles. The highest BCUT2D eigenvalue weighted by atomic mass is 35.5. The SMILES string of the molecule is CCC(CC)C(C)NCc1ccc(O)c(Cl)c1. The van der Waals surface area contributed by atoms with E-state index in [4.69, 9.17) is 11.6 Å². The Balaban J connectivity index is 2.52. The predicted molar refractivity (Wildman–Crippen MR) is 73.5 cm³/mol. The molecule has 2 N–H and O–H groups in total. The molecule has 0 bridgehead atoms. The summed E-state index contributed by atoms with van der Waals surface area (Å²) >= 11 is 5.87. The van der Waals surface area contributed by atoms with E-state index in [9.17, 15) is 5.11 Å². The summed E-state index contributed by atoms with van der Waals surface area (Å²) in [6.45, 7) is 7.46. The van der Waals surface area contributed by atoms with Crippen molar-refractivity contribution in [1.82, 2.24) is 5.32 Å². The van der Waals surface area contributed by atoms with Gasteiger partial charge in [-0.2, -0.15) is 0 Å². The molecule has 1 aromatic rings. The lowest BCUT2D eigenvalue weighted by molar-refractivity contribution is 0.353. The van der Waals surface area contributed by atoms with Crippen LogP contribution in [0.5, 0.6) is 5.75 Å². The minimum Gasteiger partial charge on any atom is -0.506 e. The van der Waals surface area contributed by atoms with E-state index in [2.05, 4.69) is 26.1 Å². The van der Waals surface area contributed by atoms with Gasteiger partial charge in [0, 0.05) is 12.6 Å². The van der Waals surface area contributed by atoms with Gasteiger partial charge in [0.1, 0.15) is 5.75 Å². The van der Waals surface area contributed by atoms with E-state index in [-0.39, 0.29) is 5.75 Å². The Bertz CT molecular complexity index is 350. The predicted octanol–water partition coefficient (Wildman–Crippen LogP) is 3.96. The van der Waals surface area contributed by atoms with Gasteiger partial charge in [-0.25, -0.2) is 0 Å². The maximum Gasteiger partial charge on any atom is 0.134 e. The van der Waals surface area contributed by atoms with Crippen molar-refractivity contribution < 1.29 is 5.11 Å². The molecule has 0 aromatic heterocycles. The van der Waals surface area contributed by atoms with Crippen LogP contribution in [0, 0.1) is 5.92 Å². The number of benzene rings is 1. The van der Waals surface area contributed by atoms with E-state index in [1.54, 1.807) is 6.07 Å². The number of rotatable bonds is 6. The molecule has 0 radical (unpaired) electrons. The summed E-state index contributed by atoms with van der Waals surface area (Å²) in [4.78, 5) is 0. The van der Waals surface area contributed by atoms with Crippen molar-refractivity contribution in [3.05, 3.63) is 28.8 Å². The summed E-state index contributed by atoms with van der Waals surface area (Å²) in [7, 11) is 0. The number of hydrogen-bond acceptors (Lipinski definition) is 2. The second-order valence-electron chi connectivity index (χ2n) is 4.53. The van der Waals surface area contributed by atoms with Crippen molar-refractivity contribution in [3.8, 4) is 5.75 Å². The van der Waals surface area contributed by atoms with Gasteiger partial charge >= 0.3 is 0 Å². The van der Waals surface area contributed by atoms with Gasteiger partial charge in [-0.1, -0.05) is 44.4 Å². The summed E-state index contributed by atoms with van der Waals surface area (Å²) in [5, 5.41) is 13.3. The first-order valence-electron chi connectivity index (χ1n) is 6.29. The summed E-state index contributed by atoms with van der Waals surface area (Å²) in [5.74, 6) is 0.853. The summed E-state index contributed by atoms with van der Waals surface area (Å²) in [6, 6.07) is 5.84. The van der Waals surface area contributed by atoms with Crippen molar-refractivity contribution in [2.45, 2.75) is 46.2 Å². The van der Waals surface area contributed by atoms with Gasteiger partial charge < -0.3 is 10.4 Å². The zero-order valence-electron chi connectivity index (χ0n) is 10.8. The van der Waals surface area contributed by atoms with E-state index in [1.807, 2.05) is 12.1 Å². The first-order valence-corrected chi connectivity index (χ1v) is 6.67. The Labute approximate surface area is 109 Å². The van der Waals surface area contributed by atoms with Crippen LogP contribution < -0.4 is 5.32 Å². The molecular weight excluding hydrogens is 234 g/mol. The number of phenolic OH excluding ortho intramolecular Hbond substituents is 1. The van der Waals surface area contributed by atoms with Crippen molar-refractivity contribution in [3.63, 3.8) is 0 Å². The van der Waals surface area contributed by atoms with Crippen LogP contribution in [0.3, 0.4) is 0 Å². The maximum absolute atomic E-state index is 9.33. The number of aromatic hydroxyl groups is 1. The fourth-order valence-electron chi connectivity index (χ4n) is 2.10. The molecule has 1 atom stereocenters. The van der Waals surface area contributed by atoms with Crippen LogP contribution in [0.4, 0.5) is 0 Å². The monoisotopic (exact) mass is 255 g/mol. The lowest BCUT2D eigenvalue weighted by Gasteiger charge is -2.22. The Morgan fingerprint density at radius 2 is 1.94 bits per heavy atom. The molecule has 1 aromatic carbocycles. The molecule has 0 saturated heterocycles. The fourth-order valence-corrected chi connectivity index (χ4v) is 2.30. The molecule has 17 heavy (non-hydrogen) atoms. The normalized spacial score (nSPS) is 13.0. The molecule has 96 valence electrons. The quantitative estimate of drug-likeness (QED) is 0.807. The highest BCUT2D eigenvalue weighted by Gasteiger charge is 2.12. The van der Waals surface area contributed by atoms with Crippen LogP contribution in [0.25, 0.3) is 0 Å². The molecule has 0 spiro atoms. The number of halogens is 1. The number of phenols is 1. The maximum atomic E-state index is 9.33. The standard InChI is InChI=1S/C14H22ClNO/c1-4-12(5-2)10(3)16-9-11-6-7-14(17)13(15)8-11/h6-8,10,12,16-17H,4-5,9H2,1-3H3. The van der Waals surface area contributed by atoms with Crippen LogP contribution in [0.2, 0.25) is 5.02 Å². The summed E-state index contributed by atoms with van der Waals surface area (Å²) < 4.78 is 0. The van der Waals surface area contributed by atoms with Crippen molar-refractivity contribution >= 4 is 11.6 Å². The summed E-state index contributed by atoms with van der Waals surface area (Å²) in [6.07, 6.45) is 2.39.